The van der Waals surface area contributed by atoms with Crippen LogP contribution in [0.15, 0.2) is 11.1 Å². The summed E-state index contributed by atoms with van der Waals surface area (Å²) in [6.07, 6.45) is -0.893. The fourth-order valence-corrected chi connectivity index (χ4v) is 0.886. The maximum atomic E-state index is 11.6. The molecule has 0 aromatic carbocycles. The molecule has 0 aliphatic rings. The van der Waals surface area contributed by atoms with Gasteiger partial charge in [0.05, 0.1) is 0 Å². The molecule has 0 aliphatic heterocycles. The van der Waals surface area contributed by atoms with Gasteiger partial charge in [-0.15, -0.1) is 0 Å². The molecule has 0 saturated heterocycles. The molecule has 0 aromatic rings. The minimum Gasteiger partial charge on any atom is -0.457 e. The van der Waals surface area contributed by atoms with E-state index in [-0.39, 0.29) is 0 Å². The highest BCUT2D eigenvalue weighted by molar-refractivity contribution is 5.90. The number of rotatable bonds is 3. The zero-order chi connectivity index (χ0) is 13.8. The molecule has 0 radical (unpaired) electrons. The number of ether oxygens (including phenoxy) is 2. The number of carbonyl (C=O) groups is 2. The Morgan fingerprint density at radius 2 is 1.53 bits per heavy atom. The summed E-state index contributed by atoms with van der Waals surface area (Å²) >= 11 is 0. The highest BCUT2D eigenvalue weighted by atomic mass is 16.6. The van der Waals surface area contributed by atoms with Crippen LogP contribution >= 0.6 is 0 Å². The number of carbonyl (C=O) groups excluding carboxylic acids is 2. The van der Waals surface area contributed by atoms with Gasteiger partial charge in [-0.1, -0.05) is 5.57 Å². The zero-order valence-electron chi connectivity index (χ0n) is 11.7. The molecule has 0 saturated carbocycles. The highest BCUT2D eigenvalue weighted by Gasteiger charge is 2.25. The number of hydrogen-bond donors (Lipinski definition) is 0. The van der Waals surface area contributed by atoms with E-state index in [1.807, 2.05) is 13.8 Å². The summed E-state index contributed by atoms with van der Waals surface area (Å²) < 4.78 is 10.1. The van der Waals surface area contributed by atoms with Crippen molar-refractivity contribution >= 4 is 11.9 Å². The lowest BCUT2D eigenvalue weighted by Crippen LogP contribution is -2.33. The maximum Gasteiger partial charge on any atom is 0.347 e. The van der Waals surface area contributed by atoms with Crippen molar-refractivity contribution in [2.45, 2.75) is 60.2 Å². The summed E-state index contributed by atoms with van der Waals surface area (Å²) in [5, 5.41) is 0. The summed E-state index contributed by atoms with van der Waals surface area (Å²) in [5.74, 6) is -1.02. The van der Waals surface area contributed by atoms with Crippen molar-refractivity contribution in [1.82, 2.24) is 0 Å². The van der Waals surface area contributed by atoms with Crippen molar-refractivity contribution in [3.63, 3.8) is 0 Å². The smallest absolute Gasteiger partial charge is 0.347 e. The van der Waals surface area contributed by atoms with Gasteiger partial charge in [-0.05, 0) is 48.5 Å². The van der Waals surface area contributed by atoms with Gasteiger partial charge in [-0.3, -0.25) is 0 Å². The molecule has 0 N–H and O–H groups in total. The lowest BCUT2D eigenvalue weighted by atomic mass is 10.2. The maximum absolute atomic E-state index is 11.6. The largest absolute Gasteiger partial charge is 0.457 e. The van der Waals surface area contributed by atoms with Crippen molar-refractivity contribution in [3.8, 4) is 0 Å². The third-order valence-electron chi connectivity index (χ3n) is 2.08. The van der Waals surface area contributed by atoms with Gasteiger partial charge in [0.1, 0.15) is 5.60 Å². The minimum atomic E-state index is -0.893. The second kappa shape index (κ2) is 5.84. The quantitative estimate of drug-likeness (QED) is 0.564. The van der Waals surface area contributed by atoms with Crippen LogP contribution in [0.5, 0.6) is 0 Å². The van der Waals surface area contributed by atoms with E-state index in [2.05, 4.69) is 0 Å². The molecular weight excluding hydrogens is 220 g/mol. The van der Waals surface area contributed by atoms with E-state index in [9.17, 15) is 9.59 Å². The van der Waals surface area contributed by atoms with E-state index in [0.29, 0.717) is 5.57 Å². The van der Waals surface area contributed by atoms with Crippen molar-refractivity contribution in [2.24, 2.45) is 0 Å². The average Bonchev–Trinajstić information content (AvgIpc) is 2.13. The number of allylic oxidation sites excluding steroid dienone is 1. The first-order valence-electron chi connectivity index (χ1n) is 5.62. The summed E-state index contributed by atoms with van der Waals surface area (Å²) in [7, 11) is 0. The first-order valence-corrected chi connectivity index (χ1v) is 5.62. The lowest BCUT2D eigenvalue weighted by molar-refractivity contribution is -0.172. The predicted molar refractivity (Wildman–Crippen MR) is 65.4 cm³/mol. The Balaban J connectivity index is 4.47. The first-order chi connectivity index (χ1) is 7.54. The van der Waals surface area contributed by atoms with Crippen LogP contribution in [0.3, 0.4) is 0 Å². The Labute approximate surface area is 103 Å². The summed E-state index contributed by atoms with van der Waals surface area (Å²) in [6.45, 7) is 12.1. The van der Waals surface area contributed by atoms with E-state index in [4.69, 9.17) is 9.47 Å². The molecule has 0 fully saturated rings. The van der Waals surface area contributed by atoms with Crippen LogP contribution in [0.2, 0.25) is 0 Å². The third kappa shape index (κ3) is 6.09. The standard InChI is InChI=1S/C13H22O4/c1-8(2)9(3)11(14)16-10(4)12(15)17-13(5,6)7/h10H,1-7H3/t10-/m0/s1. The van der Waals surface area contributed by atoms with Gasteiger partial charge in [0.25, 0.3) is 0 Å². The van der Waals surface area contributed by atoms with Crippen LogP contribution in [-0.4, -0.2) is 23.6 Å². The predicted octanol–water partition coefficient (Wildman–Crippen LogP) is 2.62. The summed E-state index contributed by atoms with van der Waals surface area (Å²) in [5.41, 5.74) is 0.801. The van der Waals surface area contributed by atoms with Crippen LogP contribution in [0, 0.1) is 0 Å². The van der Waals surface area contributed by atoms with Crippen molar-refractivity contribution in [2.75, 3.05) is 0 Å². The van der Waals surface area contributed by atoms with Gasteiger partial charge in [-0.2, -0.15) is 0 Å². The van der Waals surface area contributed by atoms with Gasteiger partial charge in [0.15, 0.2) is 6.10 Å². The zero-order valence-corrected chi connectivity index (χ0v) is 11.7. The molecule has 98 valence electrons. The molecule has 0 aromatic heterocycles. The van der Waals surface area contributed by atoms with Crippen molar-refractivity contribution < 1.29 is 19.1 Å². The Bertz CT molecular complexity index is 330. The minimum absolute atomic E-state index is 0.483. The number of esters is 2. The second-order valence-electron chi connectivity index (χ2n) is 5.21. The van der Waals surface area contributed by atoms with Crippen molar-refractivity contribution in [1.29, 1.82) is 0 Å². The molecule has 0 aliphatic carbocycles. The molecule has 0 spiro atoms. The molecule has 0 heterocycles. The Hall–Kier alpha value is -1.32. The molecule has 0 bridgehead atoms. The Kier molecular flexibility index (Phi) is 5.39. The van der Waals surface area contributed by atoms with E-state index in [1.165, 1.54) is 6.92 Å². The normalized spacial score (nSPS) is 12.6. The fraction of sp³-hybridized carbons (Fsp3) is 0.692. The first kappa shape index (κ1) is 15.7. The van der Waals surface area contributed by atoms with E-state index < -0.39 is 23.6 Å². The van der Waals surface area contributed by atoms with E-state index in [0.717, 1.165) is 5.57 Å². The van der Waals surface area contributed by atoms with E-state index in [1.54, 1.807) is 27.7 Å². The van der Waals surface area contributed by atoms with Gasteiger partial charge in [0, 0.05) is 5.57 Å². The van der Waals surface area contributed by atoms with Crippen LogP contribution in [0.4, 0.5) is 0 Å². The average molecular weight is 242 g/mol. The van der Waals surface area contributed by atoms with Gasteiger partial charge >= 0.3 is 11.9 Å². The fourth-order valence-electron chi connectivity index (χ4n) is 0.886. The number of hydrogen-bond acceptors (Lipinski definition) is 4. The lowest BCUT2D eigenvalue weighted by Gasteiger charge is -2.22. The SMILES string of the molecule is CC(C)=C(C)C(=O)O[C@@H](C)C(=O)OC(C)(C)C. The second-order valence-corrected chi connectivity index (χ2v) is 5.21. The van der Waals surface area contributed by atoms with Crippen LogP contribution < -0.4 is 0 Å². The molecule has 1 atom stereocenters. The van der Waals surface area contributed by atoms with Gasteiger partial charge < -0.3 is 9.47 Å². The van der Waals surface area contributed by atoms with Crippen LogP contribution in [-0.2, 0) is 19.1 Å². The van der Waals surface area contributed by atoms with Gasteiger partial charge in [-0.25, -0.2) is 9.59 Å². The van der Waals surface area contributed by atoms with Crippen molar-refractivity contribution in [3.05, 3.63) is 11.1 Å². The van der Waals surface area contributed by atoms with Gasteiger partial charge in [0.2, 0.25) is 0 Å². The molecular formula is C13H22O4. The molecule has 4 nitrogen and oxygen atoms in total. The molecule has 0 rings (SSSR count). The topological polar surface area (TPSA) is 52.6 Å². The molecule has 17 heavy (non-hydrogen) atoms. The highest BCUT2D eigenvalue weighted by Crippen LogP contribution is 2.11. The Morgan fingerprint density at radius 3 is 1.88 bits per heavy atom. The van der Waals surface area contributed by atoms with E-state index >= 15 is 0 Å². The summed E-state index contributed by atoms with van der Waals surface area (Å²) in [6, 6.07) is 0. The molecule has 4 heteroatoms. The molecule has 0 unspecified atom stereocenters. The summed E-state index contributed by atoms with van der Waals surface area (Å²) in [4.78, 5) is 23.1. The monoisotopic (exact) mass is 242 g/mol. The molecule has 0 amide bonds. The van der Waals surface area contributed by atoms with Crippen LogP contribution in [0.1, 0.15) is 48.5 Å². The Morgan fingerprint density at radius 1 is 1.06 bits per heavy atom. The van der Waals surface area contributed by atoms with Crippen LogP contribution in [0.25, 0.3) is 0 Å². The third-order valence-corrected chi connectivity index (χ3v) is 2.08.